The molecule has 0 saturated heterocycles. The van der Waals surface area contributed by atoms with Crippen molar-refractivity contribution in [2.45, 2.75) is 26.8 Å². The van der Waals surface area contributed by atoms with Crippen LogP contribution in [-0.2, 0) is 20.9 Å². The van der Waals surface area contributed by atoms with Crippen molar-refractivity contribution < 1.29 is 14.4 Å². The fraction of sp³-hybridized carbons (Fsp3) is 0.200. The van der Waals surface area contributed by atoms with E-state index >= 15 is 0 Å². The molecule has 28 heavy (non-hydrogen) atoms. The number of aryl methyl sites for hydroxylation is 1. The van der Waals surface area contributed by atoms with Gasteiger partial charge in [-0.05, 0) is 49.2 Å². The number of nitrogens with one attached hydrogen (secondary N) is 3. The van der Waals surface area contributed by atoms with E-state index in [2.05, 4.69) is 21.2 Å². The maximum Gasteiger partial charge on any atom is 0.329 e. The molecule has 3 amide bonds. The molecule has 0 saturated carbocycles. The van der Waals surface area contributed by atoms with E-state index in [9.17, 15) is 14.4 Å². The van der Waals surface area contributed by atoms with E-state index in [0.717, 1.165) is 11.1 Å². The molecule has 0 aliphatic rings. The number of rotatable bonds is 6. The average Bonchev–Trinajstić information content (AvgIpc) is 2.65. The first-order chi connectivity index (χ1) is 13.3. The summed E-state index contributed by atoms with van der Waals surface area (Å²) in [7, 11) is 0. The van der Waals surface area contributed by atoms with E-state index in [1.54, 1.807) is 37.3 Å². The normalized spacial score (nSPS) is 10.9. The third-order valence-corrected chi connectivity index (χ3v) is 3.90. The van der Waals surface area contributed by atoms with Crippen molar-refractivity contribution in [1.29, 1.82) is 0 Å². The Balaban J connectivity index is 1.77. The van der Waals surface area contributed by atoms with Crippen molar-refractivity contribution in [3.63, 3.8) is 0 Å². The molecule has 146 valence electrons. The van der Waals surface area contributed by atoms with Crippen LogP contribution in [0.2, 0.25) is 5.02 Å². The van der Waals surface area contributed by atoms with Crippen LogP contribution in [0.3, 0.4) is 0 Å². The standard InChI is InChI=1S/C20H21ClN4O3/c1-13-4-3-5-17(10-13)23-19(27)20(28)25-24-14(2)11-18(26)22-12-15-6-8-16(21)9-7-15/h3-10H,11-12H2,1-2H3,(H,22,26)(H,23,27)(H,25,28). The Labute approximate surface area is 168 Å². The van der Waals surface area contributed by atoms with Gasteiger partial charge in [-0.2, -0.15) is 5.10 Å². The Hall–Kier alpha value is -3.19. The van der Waals surface area contributed by atoms with Crippen LogP contribution in [0.15, 0.2) is 53.6 Å². The fourth-order valence-corrected chi connectivity index (χ4v) is 2.37. The second-order valence-corrected chi connectivity index (χ2v) is 6.63. The van der Waals surface area contributed by atoms with E-state index in [-0.39, 0.29) is 12.3 Å². The molecule has 0 bridgehead atoms. The maximum atomic E-state index is 11.9. The molecule has 0 unspecified atom stereocenters. The van der Waals surface area contributed by atoms with Crippen LogP contribution in [0.1, 0.15) is 24.5 Å². The zero-order valence-corrected chi connectivity index (χ0v) is 16.3. The number of hydrogen-bond acceptors (Lipinski definition) is 4. The smallest absolute Gasteiger partial charge is 0.329 e. The van der Waals surface area contributed by atoms with Crippen LogP contribution in [0.5, 0.6) is 0 Å². The molecule has 0 heterocycles. The molecule has 0 radical (unpaired) electrons. The molecule has 7 nitrogen and oxygen atoms in total. The monoisotopic (exact) mass is 400 g/mol. The van der Waals surface area contributed by atoms with Crippen molar-refractivity contribution in [2.75, 3.05) is 5.32 Å². The predicted molar refractivity (Wildman–Crippen MR) is 109 cm³/mol. The lowest BCUT2D eigenvalue weighted by molar-refractivity contribution is -0.136. The Bertz CT molecular complexity index is 895. The van der Waals surface area contributed by atoms with E-state index in [1.807, 2.05) is 25.1 Å². The summed E-state index contributed by atoms with van der Waals surface area (Å²) in [6.07, 6.45) is -0.00658. The van der Waals surface area contributed by atoms with Crippen LogP contribution in [0, 0.1) is 6.92 Å². The quantitative estimate of drug-likeness (QED) is 0.395. The SMILES string of the molecule is CC(CC(=O)NCc1ccc(Cl)cc1)=NNC(=O)C(=O)Nc1cccc(C)c1. The molecule has 0 atom stereocenters. The van der Waals surface area contributed by atoms with Gasteiger partial charge in [-0.1, -0.05) is 35.9 Å². The summed E-state index contributed by atoms with van der Waals surface area (Å²) >= 11 is 5.81. The second kappa shape index (κ2) is 10.2. The number of hydrogen-bond donors (Lipinski definition) is 3. The van der Waals surface area contributed by atoms with Gasteiger partial charge in [0.25, 0.3) is 0 Å². The molecular weight excluding hydrogens is 380 g/mol. The van der Waals surface area contributed by atoms with Gasteiger partial charge in [0, 0.05) is 23.0 Å². The molecule has 0 aliphatic heterocycles. The summed E-state index contributed by atoms with van der Waals surface area (Å²) in [5, 5.41) is 9.64. The summed E-state index contributed by atoms with van der Waals surface area (Å²) in [5.74, 6) is -2.01. The average molecular weight is 401 g/mol. The first kappa shape index (κ1) is 21.1. The molecule has 0 aliphatic carbocycles. The van der Waals surface area contributed by atoms with Crippen LogP contribution < -0.4 is 16.1 Å². The number of carbonyl (C=O) groups is 3. The van der Waals surface area contributed by atoms with Crippen molar-refractivity contribution in [3.05, 3.63) is 64.7 Å². The number of halogens is 1. The Kier molecular flexibility index (Phi) is 7.71. The summed E-state index contributed by atoms with van der Waals surface area (Å²) in [6, 6.07) is 14.2. The summed E-state index contributed by atoms with van der Waals surface area (Å²) in [5.41, 5.74) is 4.89. The van der Waals surface area contributed by atoms with Crippen LogP contribution in [0.4, 0.5) is 5.69 Å². The van der Waals surface area contributed by atoms with Gasteiger partial charge in [0.2, 0.25) is 5.91 Å². The molecule has 3 N–H and O–H groups in total. The van der Waals surface area contributed by atoms with Crippen molar-refractivity contribution in [2.24, 2.45) is 5.10 Å². The zero-order chi connectivity index (χ0) is 20.5. The minimum Gasteiger partial charge on any atom is -0.352 e. The van der Waals surface area contributed by atoms with Gasteiger partial charge in [-0.25, -0.2) is 5.43 Å². The van der Waals surface area contributed by atoms with Crippen molar-refractivity contribution in [1.82, 2.24) is 10.7 Å². The minimum atomic E-state index is -0.914. The number of nitrogens with zero attached hydrogens (tertiary/aromatic N) is 1. The zero-order valence-electron chi connectivity index (χ0n) is 15.6. The minimum absolute atomic E-state index is 0.00658. The maximum absolute atomic E-state index is 11.9. The van der Waals surface area contributed by atoms with Crippen LogP contribution >= 0.6 is 11.6 Å². The van der Waals surface area contributed by atoms with Gasteiger partial charge < -0.3 is 10.6 Å². The van der Waals surface area contributed by atoms with E-state index in [4.69, 9.17) is 11.6 Å². The van der Waals surface area contributed by atoms with Gasteiger partial charge in [0.15, 0.2) is 0 Å². The highest BCUT2D eigenvalue weighted by atomic mass is 35.5. The highest BCUT2D eigenvalue weighted by Crippen LogP contribution is 2.10. The van der Waals surface area contributed by atoms with Gasteiger partial charge in [-0.15, -0.1) is 0 Å². The third-order valence-electron chi connectivity index (χ3n) is 3.65. The molecule has 0 fully saturated rings. The molecule has 8 heteroatoms. The number of amides is 3. The molecule has 0 spiro atoms. The topological polar surface area (TPSA) is 99.7 Å². The second-order valence-electron chi connectivity index (χ2n) is 6.19. The lowest BCUT2D eigenvalue weighted by Crippen LogP contribution is -2.33. The highest BCUT2D eigenvalue weighted by Gasteiger charge is 2.13. The molecule has 2 aromatic rings. The van der Waals surface area contributed by atoms with Crippen molar-refractivity contribution in [3.8, 4) is 0 Å². The lowest BCUT2D eigenvalue weighted by atomic mass is 10.2. The summed E-state index contributed by atoms with van der Waals surface area (Å²) in [6.45, 7) is 3.82. The Morgan fingerprint density at radius 1 is 1.04 bits per heavy atom. The first-order valence-electron chi connectivity index (χ1n) is 8.56. The molecular formula is C20H21ClN4O3. The number of anilines is 1. The fourth-order valence-electron chi connectivity index (χ4n) is 2.24. The number of benzene rings is 2. The van der Waals surface area contributed by atoms with E-state index < -0.39 is 11.8 Å². The highest BCUT2D eigenvalue weighted by molar-refractivity contribution is 6.39. The molecule has 0 aromatic heterocycles. The largest absolute Gasteiger partial charge is 0.352 e. The predicted octanol–water partition coefficient (Wildman–Crippen LogP) is 2.79. The van der Waals surface area contributed by atoms with Crippen molar-refractivity contribution >= 4 is 40.7 Å². The van der Waals surface area contributed by atoms with Gasteiger partial charge in [0.1, 0.15) is 0 Å². The van der Waals surface area contributed by atoms with E-state index in [0.29, 0.717) is 23.0 Å². The van der Waals surface area contributed by atoms with E-state index in [1.165, 1.54) is 0 Å². The summed E-state index contributed by atoms with van der Waals surface area (Å²) in [4.78, 5) is 35.6. The van der Waals surface area contributed by atoms with Gasteiger partial charge in [-0.3, -0.25) is 14.4 Å². The number of hydrazone groups is 1. The third kappa shape index (κ3) is 7.20. The molecule has 2 aromatic carbocycles. The van der Waals surface area contributed by atoms with Crippen LogP contribution in [-0.4, -0.2) is 23.4 Å². The van der Waals surface area contributed by atoms with Crippen LogP contribution in [0.25, 0.3) is 0 Å². The first-order valence-corrected chi connectivity index (χ1v) is 8.93. The Morgan fingerprint density at radius 2 is 1.75 bits per heavy atom. The van der Waals surface area contributed by atoms with Gasteiger partial charge in [0.05, 0.1) is 6.42 Å². The van der Waals surface area contributed by atoms with Gasteiger partial charge >= 0.3 is 11.8 Å². The Morgan fingerprint density at radius 3 is 2.43 bits per heavy atom. The summed E-state index contributed by atoms with van der Waals surface area (Å²) < 4.78 is 0. The molecule has 2 rings (SSSR count). The number of carbonyl (C=O) groups excluding carboxylic acids is 3. The lowest BCUT2D eigenvalue weighted by Gasteiger charge is -2.07.